The molecule has 0 radical (unpaired) electrons. The maximum atomic E-state index is 12.3. The third kappa shape index (κ3) is 13.0. The Morgan fingerprint density at radius 2 is 1.21 bits per heavy atom. The van der Waals surface area contributed by atoms with Gasteiger partial charge in [-0.25, -0.2) is 4.79 Å². The molecule has 2 rings (SSSR count). The predicted molar refractivity (Wildman–Crippen MR) is 167 cm³/mol. The van der Waals surface area contributed by atoms with Crippen LogP contribution < -0.4 is 4.74 Å². The van der Waals surface area contributed by atoms with Crippen molar-refractivity contribution in [3.63, 3.8) is 0 Å². The first kappa shape index (κ1) is 35.3. The number of carbonyl (C=O) groups is 2. The van der Waals surface area contributed by atoms with Crippen molar-refractivity contribution >= 4 is 11.9 Å². The van der Waals surface area contributed by atoms with E-state index < -0.39 is 24.6 Å². The Labute approximate surface area is 252 Å². The van der Waals surface area contributed by atoms with Crippen LogP contribution in [0.2, 0.25) is 0 Å². The number of aliphatic hydroxyl groups is 2. The number of hydrogen-bond acceptors (Lipinski definition) is 7. The summed E-state index contributed by atoms with van der Waals surface area (Å²) in [7, 11) is 0. The van der Waals surface area contributed by atoms with Crippen LogP contribution in [0.25, 0.3) is 11.1 Å². The van der Waals surface area contributed by atoms with Crippen LogP contribution in [-0.4, -0.2) is 54.7 Å². The molecule has 7 nitrogen and oxygen atoms in total. The molecule has 2 aromatic rings. The quantitative estimate of drug-likeness (QED) is 0.109. The second kappa shape index (κ2) is 20.1. The fourth-order valence-corrected chi connectivity index (χ4v) is 4.59. The van der Waals surface area contributed by atoms with Crippen molar-refractivity contribution in [2.75, 3.05) is 26.4 Å². The molecule has 1 unspecified atom stereocenters. The van der Waals surface area contributed by atoms with Gasteiger partial charge in [0.2, 0.25) is 0 Å². The van der Waals surface area contributed by atoms with E-state index in [0.29, 0.717) is 18.8 Å². The lowest BCUT2D eigenvalue weighted by Crippen LogP contribution is -2.37. The summed E-state index contributed by atoms with van der Waals surface area (Å²) in [5, 5.41) is 18.4. The number of esters is 2. The number of rotatable bonds is 22. The van der Waals surface area contributed by atoms with Gasteiger partial charge in [-0.2, -0.15) is 0 Å². The molecule has 0 saturated carbocycles. The average molecular weight is 585 g/mol. The molecule has 0 saturated heterocycles. The van der Waals surface area contributed by atoms with E-state index in [1.807, 2.05) is 55.5 Å². The number of hydrogen-bond donors (Lipinski definition) is 2. The van der Waals surface area contributed by atoms with Crippen molar-refractivity contribution in [3.05, 3.63) is 54.1 Å². The lowest BCUT2D eigenvalue weighted by molar-refractivity contribution is -0.160. The molecule has 0 aromatic heterocycles. The summed E-state index contributed by atoms with van der Waals surface area (Å²) < 4.78 is 16.6. The van der Waals surface area contributed by atoms with Gasteiger partial charge in [0.25, 0.3) is 0 Å². The fourth-order valence-electron chi connectivity index (χ4n) is 4.59. The van der Waals surface area contributed by atoms with Crippen LogP contribution in [0.1, 0.15) is 108 Å². The van der Waals surface area contributed by atoms with Crippen molar-refractivity contribution in [1.29, 1.82) is 0 Å². The van der Waals surface area contributed by atoms with E-state index in [1.54, 1.807) is 0 Å². The van der Waals surface area contributed by atoms with Crippen LogP contribution in [0.15, 0.2) is 48.5 Å². The summed E-state index contributed by atoms with van der Waals surface area (Å²) in [4.78, 5) is 24.1. The molecule has 0 bridgehead atoms. The first-order chi connectivity index (χ1) is 20.3. The number of carbonyl (C=O) groups excluding carboxylic acids is 2. The largest absolute Gasteiger partial charge is 0.494 e. The summed E-state index contributed by atoms with van der Waals surface area (Å²) in [6, 6.07) is 15.6. The third-order valence-electron chi connectivity index (χ3n) is 7.54. The molecule has 0 aliphatic carbocycles. The minimum Gasteiger partial charge on any atom is -0.494 e. The molecule has 2 aromatic carbocycles. The maximum absolute atomic E-state index is 12.3. The van der Waals surface area contributed by atoms with Crippen LogP contribution in [0, 0.1) is 5.41 Å². The molecule has 7 heteroatoms. The summed E-state index contributed by atoms with van der Waals surface area (Å²) in [5.74, 6) is 0.0611. The number of unbranched alkanes of at least 4 members (excludes halogenated alkanes) is 9. The minimum absolute atomic E-state index is 0.0694. The first-order valence-electron chi connectivity index (χ1n) is 15.8. The standard InChI is InChI=1S/C35H52O7/c1-4-15-28(2)42-33(38)31-18-16-29(17-19-31)30-20-22-32(23-21-30)40-24-13-11-9-7-5-6-8-10-12-14-25-41-34(39)35(3,26-36)27-37/h16-23,28,36-37H,4-15,24-27H2,1-3H3. The van der Waals surface area contributed by atoms with Crippen molar-refractivity contribution in [1.82, 2.24) is 0 Å². The second-order valence-electron chi connectivity index (χ2n) is 11.5. The Balaban J connectivity index is 1.49. The van der Waals surface area contributed by atoms with Crippen LogP contribution in [0.4, 0.5) is 0 Å². The normalized spacial score (nSPS) is 12.1. The Bertz CT molecular complexity index is 1010. The molecule has 42 heavy (non-hydrogen) atoms. The molecule has 1 atom stereocenters. The van der Waals surface area contributed by atoms with Gasteiger partial charge in [0.05, 0.1) is 38.1 Å². The van der Waals surface area contributed by atoms with Gasteiger partial charge < -0.3 is 24.4 Å². The van der Waals surface area contributed by atoms with E-state index in [4.69, 9.17) is 14.2 Å². The molecule has 0 fully saturated rings. The van der Waals surface area contributed by atoms with Crippen molar-refractivity contribution in [2.45, 2.75) is 104 Å². The molecule has 234 valence electrons. The van der Waals surface area contributed by atoms with Gasteiger partial charge in [-0.05, 0) is 68.5 Å². The van der Waals surface area contributed by atoms with Crippen LogP contribution in [0.5, 0.6) is 5.75 Å². The Morgan fingerprint density at radius 1 is 0.738 bits per heavy atom. The Kier molecular flexibility index (Phi) is 16.9. The molecule has 0 aliphatic rings. The van der Waals surface area contributed by atoms with E-state index in [1.165, 1.54) is 39.0 Å². The van der Waals surface area contributed by atoms with Crippen LogP contribution in [0.3, 0.4) is 0 Å². The molecular weight excluding hydrogens is 532 g/mol. The topological polar surface area (TPSA) is 102 Å². The van der Waals surface area contributed by atoms with E-state index in [-0.39, 0.29) is 12.1 Å². The first-order valence-corrected chi connectivity index (χ1v) is 15.8. The highest BCUT2D eigenvalue weighted by Gasteiger charge is 2.33. The number of ether oxygens (including phenoxy) is 3. The van der Waals surface area contributed by atoms with Gasteiger partial charge in [-0.15, -0.1) is 0 Å². The second-order valence-corrected chi connectivity index (χ2v) is 11.5. The van der Waals surface area contributed by atoms with Crippen molar-refractivity contribution in [2.24, 2.45) is 5.41 Å². The van der Waals surface area contributed by atoms with E-state index >= 15 is 0 Å². The van der Waals surface area contributed by atoms with Crippen molar-refractivity contribution in [3.8, 4) is 16.9 Å². The third-order valence-corrected chi connectivity index (χ3v) is 7.54. The summed E-state index contributed by atoms with van der Waals surface area (Å²) in [6.07, 6.45) is 13.0. The van der Waals surface area contributed by atoms with Gasteiger partial charge in [0.15, 0.2) is 0 Å². The van der Waals surface area contributed by atoms with Crippen LogP contribution in [-0.2, 0) is 14.3 Å². The molecule has 0 heterocycles. The molecular formula is C35H52O7. The van der Waals surface area contributed by atoms with Crippen molar-refractivity contribution < 1.29 is 34.0 Å². The molecule has 0 amide bonds. The highest BCUT2D eigenvalue weighted by atomic mass is 16.5. The van der Waals surface area contributed by atoms with E-state index in [2.05, 4.69) is 6.92 Å². The predicted octanol–water partition coefficient (Wildman–Crippen LogP) is 7.51. The number of aliphatic hydroxyl groups excluding tert-OH is 2. The zero-order chi connectivity index (χ0) is 30.6. The molecule has 2 N–H and O–H groups in total. The van der Waals surface area contributed by atoms with Gasteiger partial charge >= 0.3 is 11.9 Å². The van der Waals surface area contributed by atoms with E-state index in [0.717, 1.165) is 61.8 Å². The Hall–Kier alpha value is -2.90. The average Bonchev–Trinajstić information content (AvgIpc) is 3.01. The lowest BCUT2D eigenvalue weighted by Gasteiger charge is -2.22. The van der Waals surface area contributed by atoms with Gasteiger partial charge in [-0.1, -0.05) is 89.0 Å². The summed E-state index contributed by atoms with van der Waals surface area (Å²) in [5.41, 5.74) is 1.49. The molecule has 0 spiro atoms. The summed E-state index contributed by atoms with van der Waals surface area (Å²) >= 11 is 0. The fraction of sp³-hybridized carbons (Fsp3) is 0.600. The molecule has 0 aliphatic heterocycles. The van der Waals surface area contributed by atoms with Gasteiger partial charge in [0, 0.05) is 0 Å². The number of benzene rings is 2. The highest BCUT2D eigenvalue weighted by molar-refractivity contribution is 5.90. The SMILES string of the molecule is CCCC(C)OC(=O)c1ccc(-c2ccc(OCCCCCCCCCCCCOC(=O)C(C)(CO)CO)cc2)cc1. The smallest absolute Gasteiger partial charge is 0.338 e. The minimum atomic E-state index is -1.21. The Morgan fingerprint density at radius 3 is 1.71 bits per heavy atom. The van der Waals surface area contributed by atoms with Crippen LogP contribution >= 0.6 is 0 Å². The monoisotopic (exact) mass is 584 g/mol. The lowest BCUT2D eigenvalue weighted by atomic mass is 9.93. The maximum Gasteiger partial charge on any atom is 0.338 e. The highest BCUT2D eigenvalue weighted by Crippen LogP contribution is 2.24. The summed E-state index contributed by atoms with van der Waals surface area (Å²) in [6.45, 7) is 5.73. The van der Waals surface area contributed by atoms with Gasteiger partial charge in [0.1, 0.15) is 11.2 Å². The van der Waals surface area contributed by atoms with Gasteiger partial charge in [-0.3, -0.25) is 4.79 Å². The van der Waals surface area contributed by atoms with E-state index in [9.17, 15) is 19.8 Å². The zero-order valence-electron chi connectivity index (χ0n) is 25.9. The zero-order valence-corrected chi connectivity index (χ0v) is 25.9.